The number of carboxylic acids is 1. The number of likely N-dealkylation sites (tertiary alicyclic amines) is 1. The van der Waals surface area contributed by atoms with Crippen LogP contribution < -0.4 is 5.32 Å². The molecule has 3 N–H and O–H groups in total. The van der Waals surface area contributed by atoms with Gasteiger partial charge in [-0.3, -0.25) is 4.90 Å². The first-order valence-electron chi connectivity index (χ1n) is 9.62. The van der Waals surface area contributed by atoms with Crippen molar-refractivity contribution in [1.29, 1.82) is 0 Å². The Labute approximate surface area is 170 Å². The van der Waals surface area contributed by atoms with Crippen molar-refractivity contribution in [2.24, 2.45) is 11.8 Å². The maximum absolute atomic E-state index is 13.4. The van der Waals surface area contributed by atoms with E-state index in [1.165, 1.54) is 12.3 Å². The molecule has 0 radical (unpaired) electrons. The van der Waals surface area contributed by atoms with Gasteiger partial charge < -0.3 is 15.5 Å². The van der Waals surface area contributed by atoms with E-state index >= 15 is 0 Å². The zero-order valence-corrected chi connectivity index (χ0v) is 15.9. The van der Waals surface area contributed by atoms with E-state index in [0.29, 0.717) is 31.5 Å². The molecule has 2 aromatic rings. The number of hydrogen-bond acceptors (Lipinski definition) is 6. The molecule has 2 heterocycles. The Morgan fingerprint density at radius 3 is 2.40 bits per heavy atom. The third kappa shape index (κ3) is 3.97. The van der Waals surface area contributed by atoms with E-state index < -0.39 is 24.1 Å². The number of aromatic carboxylic acids is 1. The minimum atomic E-state index is -4.37. The van der Waals surface area contributed by atoms with Crippen molar-refractivity contribution in [3.8, 4) is 0 Å². The molecule has 1 aliphatic carbocycles. The molecule has 160 valence electrons. The molecule has 1 aromatic heterocycles. The quantitative estimate of drug-likeness (QED) is 0.637. The van der Waals surface area contributed by atoms with Crippen LogP contribution in [0.15, 0.2) is 36.7 Å². The summed E-state index contributed by atoms with van der Waals surface area (Å²) in [6.45, 7) is 1.04. The number of hydrogen-bond donors (Lipinski definition) is 3. The number of nitrogens with one attached hydrogen (secondary N) is 1. The van der Waals surface area contributed by atoms with Gasteiger partial charge in [-0.2, -0.15) is 23.4 Å². The topological polar surface area (TPSA) is 98.6 Å². The monoisotopic (exact) mass is 422 g/mol. The summed E-state index contributed by atoms with van der Waals surface area (Å²) < 4.78 is 40.1. The van der Waals surface area contributed by atoms with Crippen LogP contribution in [0.25, 0.3) is 0 Å². The van der Waals surface area contributed by atoms with E-state index in [2.05, 4.69) is 15.5 Å². The second-order valence-electron chi connectivity index (χ2n) is 7.87. The Balaban J connectivity index is 1.42. The summed E-state index contributed by atoms with van der Waals surface area (Å²) in [6.07, 6.45) is -1.93. The third-order valence-electron chi connectivity index (χ3n) is 6.08. The lowest BCUT2D eigenvalue weighted by atomic mass is 9.91. The summed E-state index contributed by atoms with van der Waals surface area (Å²) in [5.41, 5.74) is -0.176. The highest BCUT2D eigenvalue weighted by Gasteiger charge is 2.45. The number of rotatable bonds is 5. The summed E-state index contributed by atoms with van der Waals surface area (Å²) in [5.74, 6) is -1.01. The molecule has 2 aliphatic rings. The van der Waals surface area contributed by atoms with E-state index in [9.17, 15) is 28.2 Å². The van der Waals surface area contributed by atoms with Crippen molar-refractivity contribution in [2.75, 3.05) is 18.4 Å². The van der Waals surface area contributed by atoms with Gasteiger partial charge in [0.15, 0.2) is 6.35 Å². The van der Waals surface area contributed by atoms with E-state index in [4.69, 9.17) is 0 Å². The Morgan fingerprint density at radius 2 is 1.77 bits per heavy atom. The molecule has 1 aliphatic heterocycles. The molecule has 2 unspecified atom stereocenters. The summed E-state index contributed by atoms with van der Waals surface area (Å²) >= 11 is 0. The lowest BCUT2D eigenvalue weighted by molar-refractivity contribution is -0.138. The predicted octanol–water partition coefficient (Wildman–Crippen LogP) is 3.01. The Bertz CT molecular complexity index is 926. The van der Waals surface area contributed by atoms with Crippen LogP contribution in [0.2, 0.25) is 0 Å². The van der Waals surface area contributed by atoms with Gasteiger partial charge in [-0.05, 0) is 42.2 Å². The van der Waals surface area contributed by atoms with Crippen LogP contribution in [0.1, 0.15) is 40.2 Å². The van der Waals surface area contributed by atoms with Crippen LogP contribution in [0.5, 0.6) is 0 Å². The average molecular weight is 422 g/mol. The molecule has 2 fully saturated rings. The fourth-order valence-corrected chi connectivity index (χ4v) is 4.74. The Kier molecular flexibility index (Phi) is 5.37. The molecule has 0 spiro atoms. The normalized spacial score (nSPS) is 25.1. The highest BCUT2D eigenvalue weighted by molar-refractivity contribution is 5.93. The number of fused-ring (bicyclic) bond motifs is 1. The lowest BCUT2D eigenvalue weighted by Gasteiger charge is -2.26. The number of benzene rings is 1. The minimum Gasteiger partial charge on any atom is -0.478 e. The molecule has 0 bridgehead atoms. The first-order chi connectivity index (χ1) is 14.2. The SMILES string of the molecule is O=C(O)c1cnncc1NC(O)N1C[C@H]2CC(c3ccccc3C(F)(F)F)C[C@H]2C1. The molecule has 10 heteroatoms. The van der Waals surface area contributed by atoms with Crippen LogP contribution in [0.4, 0.5) is 18.9 Å². The van der Waals surface area contributed by atoms with Crippen LogP contribution in [-0.2, 0) is 6.18 Å². The van der Waals surface area contributed by atoms with Crippen LogP contribution >= 0.6 is 0 Å². The first-order valence-corrected chi connectivity index (χ1v) is 9.62. The van der Waals surface area contributed by atoms with Gasteiger partial charge in [-0.15, -0.1) is 0 Å². The smallest absolute Gasteiger partial charge is 0.416 e. The van der Waals surface area contributed by atoms with E-state index in [1.807, 2.05) is 0 Å². The van der Waals surface area contributed by atoms with Gasteiger partial charge in [-0.1, -0.05) is 18.2 Å². The van der Waals surface area contributed by atoms with Gasteiger partial charge in [-0.25, -0.2) is 4.79 Å². The van der Waals surface area contributed by atoms with Crippen LogP contribution in [-0.4, -0.2) is 50.7 Å². The molecule has 1 saturated carbocycles. The van der Waals surface area contributed by atoms with Crippen molar-refractivity contribution < 1.29 is 28.2 Å². The fourth-order valence-electron chi connectivity index (χ4n) is 4.74. The van der Waals surface area contributed by atoms with E-state index in [-0.39, 0.29) is 29.0 Å². The second kappa shape index (κ2) is 7.84. The van der Waals surface area contributed by atoms with E-state index in [0.717, 1.165) is 12.3 Å². The number of anilines is 1. The standard InChI is InChI=1S/C20H21F3N4O3/c21-20(22,23)16-4-2-1-3-14(16)11-5-12-9-27(10-13(12)6-11)19(30)26-17-8-25-24-7-15(17)18(28)29/h1-4,7-8,11-13,19,30H,5-6,9-10H2,(H,24,26)(H,28,29)/t11?,12-,13+,19?. The largest absolute Gasteiger partial charge is 0.478 e. The number of nitrogens with zero attached hydrogens (tertiary/aromatic N) is 3. The summed E-state index contributed by atoms with van der Waals surface area (Å²) in [5, 5.41) is 29.6. The van der Waals surface area contributed by atoms with Crippen molar-refractivity contribution in [3.05, 3.63) is 53.3 Å². The van der Waals surface area contributed by atoms with Gasteiger partial charge in [0.1, 0.15) is 5.56 Å². The van der Waals surface area contributed by atoms with Gasteiger partial charge >= 0.3 is 12.1 Å². The molecular formula is C20H21F3N4O3. The molecular weight excluding hydrogens is 401 g/mol. The maximum atomic E-state index is 13.4. The van der Waals surface area contributed by atoms with Crippen molar-refractivity contribution >= 4 is 11.7 Å². The van der Waals surface area contributed by atoms with Crippen molar-refractivity contribution in [1.82, 2.24) is 15.1 Å². The maximum Gasteiger partial charge on any atom is 0.416 e. The highest BCUT2D eigenvalue weighted by atomic mass is 19.4. The number of aliphatic hydroxyl groups is 1. The van der Waals surface area contributed by atoms with Crippen molar-refractivity contribution in [2.45, 2.75) is 31.3 Å². The van der Waals surface area contributed by atoms with Gasteiger partial charge in [0.05, 0.1) is 23.6 Å². The summed E-state index contributed by atoms with van der Waals surface area (Å²) in [7, 11) is 0. The number of aromatic nitrogens is 2. The van der Waals surface area contributed by atoms with Gasteiger partial charge in [0, 0.05) is 13.1 Å². The summed E-state index contributed by atoms with van der Waals surface area (Å²) in [4.78, 5) is 13.0. The van der Waals surface area contributed by atoms with Gasteiger partial charge in [0.2, 0.25) is 0 Å². The number of halogens is 3. The second-order valence-corrected chi connectivity index (χ2v) is 7.87. The highest BCUT2D eigenvalue weighted by Crippen LogP contribution is 2.49. The van der Waals surface area contributed by atoms with Crippen LogP contribution in [0.3, 0.4) is 0 Å². The predicted molar refractivity (Wildman–Crippen MR) is 101 cm³/mol. The number of carboxylic acid groups (broad SMARTS) is 1. The molecule has 1 aromatic carbocycles. The molecule has 4 rings (SSSR count). The third-order valence-corrected chi connectivity index (χ3v) is 6.08. The molecule has 0 amide bonds. The molecule has 7 nitrogen and oxygen atoms in total. The van der Waals surface area contributed by atoms with Gasteiger partial charge in [0.25, 0.3) is 0 Å². The average Bonchev–Trinajstić information content (AvgIpc) is 3.27. The van der Waals surface area contributed by atoms with Crippen LogP contribution in [0, 0.1) is 11.8 Å². The molecule has 4 atom stereocenters. The zero-order valence-electron chi connectivity index (χ0n) is 15.9. The number of carbonyl (C=O) groups is 1. The Hall–Kier alpha value is -2.72. The minimum absolute atomic E-state index is 0.104. The number of alkyl halides is 3. The first kappa shape index (κ1) is 20.5. The Morgan fingerprint density at radius 1 is 1.13 bits per heavy atom. The fraction of sp³-hybridized carbons (Fsp3) is 0.450. The van der Waals surface area contributed by atoms with E-state index in [1.54, 1.807) is 17.0 Å². The number of aliphatic hydroxyl groups excluding tert-OH is 1. The summed E-state index contributed by atoms with van der Waals surface area (Å²) in [6, 6.07) is 5.74. The zero-order chi connectivity index (χ0) is 21.5. The lowest BCUT2D eigenvalue weighted by Crippen LogP contribution is -2.40. The van der Waals surface area contributed by atoms with Crippen molar-refractivity contribution in [3.63, 3.8) is 0 Å². The molecule has 30 heavy (non-hydrogen) atoms. The molecule has 1 saturated heterocycles.